The molecule has 0 spiro atoms. The van der Waals surface area contributed by atoms with Gasteiger partial charge in [0, 0.05) is 20.2 Å². The number of fused-ring (bicyclic) bond motifs is 1. The number of hydrogen-bond donors (Lipinski definition) is 0. The van der Waals surface area contributed by atoms with E-state index in [1.54, 1.807) is 22.1 Å². The zero-order valence-electron chi connectivity index (χ0n) is 12.1. The molecule has 4 heterocycles. The summed E-state index contributed by atoms with van der Waals surface area (Å²) >= 11 is 1.62. The van der Waals surface area contributed by atoms with E-state index in [1.165, 1.54) is 0 Å². The average molecular weight is 311 g/mol. The van der Waals surface area contributed by atoms with Crippen LogP contribution in [0.1, 0.15) is 0 Å². The Morgan fingerprint density at radius 3 is 2.77 bits per heavy atom. The fraction of sp³-hybridized carbons (Fsp3) is 0.133. The summed E-state index contributed by atoms with van der Waals surface area (Å²) in [5.74, 6) is 2.15. The maximum Gasteiger partial charge on any atom is 0.228 e. The minimum Gasteiger partial charge on any atom is -0.463 e. The van der Waals surface area contributed by atoms with Gasteiger partial charge in [-0.2, -0.15) is 19.6 Å². The molecule has 7 heteroatoms. The van der Waals surface area contributed by atoms with Gasteiger partial charge < -0.3 is 9.32 Å². The Bertz CT molecular complexity index is 909. The van der Waals surface area contributed by atoms with Crippen molar-refractivity contribution >= 4 is 22.9 Å². The van der Waals surface area contributed by atoms with Crippen LogP contribution in [0, 0.1) is 0 Å². The highest BCUT2D eigenvalue weighted by Crippen LogP contribution is 2.27. The highest BCUT2D eigenvalue weighted by atomic mass is 32.1. The molecule has 4 aromatic rings. The summed E-state index contributed by atoms with van der Waals surface area (Å²) in [6, 6.07) is 9.66. The number of nitrogens with zero attached hydrogens (tertiary/aromatic N) is 5. The van der Waals surface area contributed by atoms with Crippen LogP contribution >= 0.6 is 11.3 Å². The molecule has 0 aliphatic heterocycles. The Kier molecular flexibility index (Phi) is 2.93. The van der Waals surface area contributed by atoms with Gasteiger partial charge >= 0.3 is 0 Å². The number of rotatable bonds is 3. The smallest absolute Gasteiger partial charge is 0.228 e. The van der Waals surface area contributed by atoms with Crippen molar-refractivity contribution < 1.29 is 4.42 Å². The third kappa shape index (κ3) is 2.06. The van der Waals surface area contributed by atoms with Gasteiger partial charge in [0.1, 0.15) is 5.69 Å². The standard InChI is InChI=1S/C15H13N5OS/c1-19(2)15-16-13-9-10(11-5-3-7-21-11)18-20(13)14(17-15)12-6-4-8-22-12/h3-9H,1-2H3. The molecule has 0 saturated heterocycles. The van der Waals surface area contributed by atoms with Gasteiger partial charge in [-0.25, -0.2) is 0 Å². The van der Waals surface area contributed by atoms with Gasteiger partial charge in [0.2, 0.25) is 5.95 Å². The van der Waals surface area contributed by atoms with E-state index < -0.39 is 0 Å². The SMILES string of the molecule is CN(C)c1nc(-c2cccs2)n2nc(-c3ccco3)cc2n1. The van der Waals surface area contributed by atoms with Crippen LogP contribution in [0.5, 0.6) is 0 Å². The molecule has 0 aromatic carbocycles. The Balaban J connectivity index is 1.99. The lowest BCUT2D eigenvalue weighted by Gasteiger charge is -2.11. The van der Waals surface area contributed by atoms with Gasteiger partial charge in [-0.05, 0) is 23.6 Å². The van der Waals surface area contributed by atoms with Gasteiger partial charge in [-0.1, -0.05) is 6.07 Å². The predicted molar refractivity (Wildman–Crippen MR) is 86.1 cm³/mol. The fourth-order valence-corrected chi connectivity index (χ4v) is 2.88. The van der Waals surface area contributed by atoms with Crippen molar-refractivity contribution in [3.63, 3.8) is 0 Å². The average Bonchev–Trinajstić information content (AvgIpc) is 3.25. The van der Waals surface area contributed by atoms with Crippen molar-refractivity contribution in [1.82, 2.24) is 19.6 Å². The van der Waals surface area contributed by atoms with E-state index in [4.69, 9.17) is 4.42 Å². The van der Waals surface area contributed by atoms with E-state index in [1.807, 2.05) is 54.7 Å². The summed E-state index contributed by atoms with van der Waals surface area (Å²) in [5.41, 5.74) is 1.49. The van der Waals surface area contributed by atoms with Crippen molar-refractivity contribution in [2.45, 2.75) is 0 Å². The normalized spacial score (nSPS) is 11.2. The largest absolute Gasteiger partial charge is 0.463 e. The van der Waals surface area contributed by atoms with Crippen LogP contribution < -0.4 is 4.90 Å². The molecule has 0 aliphatic carbocycles. The van der Waals surface area contributed by atoms with E-state index in [-0.39, 0.29) is 0 Å². The fourth-order valence-electron chi connectivity index (χ4n) is 2.19. The molecular formula is C15H13N5OS. The summed E-state index contributed by atoms with van der Waals surface area (Å²) in [6.07, 6.45) is 1.64. The number of anilines is 1. The molecule has 0 radical (unpaired) electrons. The van der Waals surface area contributed by atoms with E-state index >= 15 is 0 Å². The summed E-state index contributed by atoms with van der Waals surface area (Å²) in [5, 5.41) is 6.62. The molecule has 0 fully saturated rings. The Morgan fingerprint density at radius 1 is 1.18 bits per heavy atom. The van der Waals surface area contributed by atoms with Crippen LogP contribution in [0.25, 0.3) is 27.8 Å². The first-order valence-electron chi connectivity index (χ1n) is 6.75. The Morgan fingerprint density at radius 2 is 2.09 bits per heavy atom. The minimum absolute atomic E-state index is 0.654. The van der Waals surface area contributed by atoms with E-state index in [0.29, 0.717) is 11.7 Å². The van der Waals surface area contributed by atoms with Crippen LogP contribution in [0.2, 0.25) is 0 Å². The van der Waals surface area contributed by atoms with Crippen LogP contribution in [-0.4, -0.2) is 33.7 Å². The lowest BCUT2D eigenvalue weighted by Crippen LogP contribution is -2.14. The minimum atomic E-state index is 0.654. The number of hydrogen-bond acceptors (Lipinski definition) is 6. The zero-order valence-corrected chi connectivity index (χ0v) is 12.9. The third-order valence-electron chi connectivity index (χ3n) is 3.23. The van der Waals surface area contributed by atoms with E-state index in [0.717, 1.165) is 22.0 Å². The van der Waals surface area contributed by atoms with Crippen LogP contribution in [0.3, 0.4) is 0 Å². The maximum absolute atomic E-state index is 5.43. The first kappa shape index (κ1) is 13.0. The first-order valence-corrected chi connectivity index (χ1v) is 7.63. The van der Waals surface area contributed by atoms with Gasteiger partial charge in [-0.3, -0.25) is 0 Å². The van der Waals surface area contributed by atoms with Crippen molar-refractivity contribution in [1.29, 1.82) is 0 Å². The maximum atomic E-state index is 5.43. The Hall–Kier alpha value is -2.67. The highest BCUT2D eigenvalue weighted by molar-refractivity contribution is 7.13. The van der Waals surface area contributed by atoms with Crippen LogP contribution in [0.15, 0.2) is 46.4 Å². The molecular weight excluding hydrogens is 298 g/mol. The molecule has 0 bridgehead atoms. The monoisotopic (exact) mass is 311 g/mol. The Labute approximate surface area is 130 Å². The first-order chi connectivity index (χ1) is 10.7. The van der Waals surface area contributed by atoms with Gasteiger partial charge in [0.05, 0.1) is 11.1 Å². The summed E-state index contributed by atoms with van der Waals surface area (Å²) in [6.45, 7) is 0. The molecule has 0 amide bonds. The van der Waals surface area contributed by atoms with Crippen molar-refractivity contribution in [3.8, 4) is 22.2 Å². The second-order valence-corrected chi connectivity index (χ2v) is 5.94. The second-order valence-electron chi connectivity index (χ2n) is 5.00. The lowest BCUT2D eigenvalue weighted by atomic mass is 10.3. The summed E-state index contributed by atoms with van der Waals surface area (Å²) in [4.78, 5) is 12.1. The zero-order chi connectivity index (χ0) is 15.1. The molecule has 0 saturated carbocycles. The van der Waals surface area contributed by atoms with E-state index in [9.17, 15) is 0 Å². The van der Waals surface area contributed by atoms with E-state index in [2.05, 4.69) is 15.1 Å². The van der Waals surface area contributed by atoms with Crippen LogP contribution in [0.4, 0.5) is 5.95 Å². The number of thiophene rings is 1. The van der Waals surface area contributed by atoms with Crippen LogP contribution in [-0.2, 0) is 0 Å². The molecule has 0 unspecified atom stereocenters. The van der Waals surface area contributed by atoms with Gasteiger partial charge in [0.15, 0.2) is 17.2 Å². The third-order valence-corrected chi connectivity index (χ3v) is 4.09. The predicted octanol–water partition coefficient (Wildman–Crippen LogP) is 3.18. The molecule has 6 nitrogen and oxygen atoms in total. The topological polar surface area (TPSA) is 59.5 Å². The van der Waals surface area contributed by atoms with Crippen molar-refractivity contribution in [2.24, 2.45) is 0 Å². The quantitative estimate of drug-likeness (QED) is 0.581. The molecule has 4 rings (SSSR count). The molecule has 22 heavy (non-hydrogen) atoms. The number of aromatic nitrogens is 4. The van der Waals surface area contributed by atoms with Crippen molar-refractivity contribution in [3.05, 3.63) is 42.0 Å². The van der Waals surface area contributed by atoms with Gasteiger partial charge in [0.25, 0.3) is 0 Å². The van der Waals surface area contributed by atoms with Gasteiger partial charge in [-0.15, -0.1) is 11.3 Å². The van der Waals surface area contributed by atoms with Crippen molar-refractivity contribution in [2.75, 3.05) is 19.0 Å². The second kappa shape index (κ2) is 4.96. The highest BCUT2D eigenvalue weighted by Gasteiger charge is 2.16. The summed E-state index contributed by atoms with van der Waals surface area (Å²) in [7, 11) is 3.85. The molecule has 110 valence electrons. The molecule has 0 N–H and O–H groups in total. The molecule has 4 aromatic heterocycles. The molecule has 0 atom stereocenters. The lowest BCUT2D eigenvalue weighted by molar-refractivity contribution is 0.579. The summed E-state index contributed by atoms with van der Waals surface area (Å²) < 4.78 is 7.19. The number of furan rings is 1. The molecule has 0 aliphatic rings.